The molecule has 1 fully saturated rings. The molecule has 0 atom stereocenters. The van der Waals surface area contributed by atoms with Crippen molar-refractivity contribution in [1.82, 2.24) is 4.90 Å². The van der Waals surface area contributed by atoms with Crippen molar-refractivity contribution in [2.75, 3.05) is 38.2 Å². The van der Waals surface area contributed by atoms with Gasteiger partial charge in [0.05, 0.1) is 19.2 Å². The van der Waals surface area contributed by atoms with Gasteiger partial charge in [0.25, 0.3) is 0 Å². The number of methoxy groups -OCH3 is 1. The van der Waals surface area contributed by atoms with E-state index in [1.807, 2.05) is 18.2 Å². The third-order valence-electron chi connectivity index (χ3n) is 4.63. The molecular weight excluding hydrogens is 413 g/mol. The van der Waals surface area contributed by atoms with Crippen molar-refractivity contribution in [3.63, 3.8) is 0 Å². The van der Waals surface area contributed by atoms with Crippen molar-refractivity contribution < 1.29 is 13.9 Å². The Morgan fingerprint density at radius 2 is 1.96 bits per heavy atom. The zero-order chi connectivity index (χ0) is 19.4. The Morgan fingerprint density at radius 1 is 1.22 bits per heavy atom. The van der Waals surface area contributed by atoms with E-state index in [2.05, 4.69) is 35.3 Å². The van der Waals surface area contributed by atoms with Crippen LogP contribution in [0.4, 0.5) is 15.8 Å². The van der Waals surface area contributed by atoms with E-state index >= 15 is 0 Å². The quantitative estimate of drug-likeness (QED) is 0.535. The molecule has 2 aromatic rings. The number of ether oxygens (including phenoxy) is 1. The zero-order valence-electron chi connectivity index (χ0n) is 14.9. The monoisotopic (exact) mass is 431 g/mol. The van der Waals surface area contributed by atoms with Gasteiger partial charge in [-0.3, -0.25) is 4.90 Å². The molecule has 27 heavy (non-hydrogen) atoms. The summed E-state index contributed by atoms with van der Waals surface area (Å²) < 4.78 is 19.4. The molecule has 0 saturated carbocycles. The van der Waals surface area contributed by atoms with Gasteiger partial charge in [-0.1, -0.05) is 28.1 Å². The minimum Gasteiger partial charge on any atom is -0.465 e. The summed E-state index contributed by atoms with van der Waals surface area (Å²) in [5, 5.41) is 0. The maximum atomic E-state index is 14.1. The highest BCUT2D eigenvalue weighted by atomic mass is 79.9. The lowest BCUT2D eigenvalue weighted by molar-refractivity contribution is 0.0595. The third kappa shape index (κ3) is 4.46. The molecule has 0 aliphatic carbocycles. The Labute approximate surface area is 166 Å². The predicted octanol–water partition coefficient (Wildman–Crippen LogP) is 4.25. The van der Waals surface area contributed by atoms with E-state index in [4.69, 9.17) is 6.57 Å². The van der Waals surface area contributed by atoms with E-state index in [9.17, 15) is 9.18 Å². The largest absolute Gasteiger partial charge is 0.465 e. The number of anilines is 1. The molecule has 2 aromatic carbocycles. The first-order chi connectivity index (χ1) is 13.0. The average Bonchev–Trinajstić information content (AvgIpc) is 2.68. The summed E-state index contributed by atoms with van der Waals surface area (Å²) in [6, 6.07) is 10.4. The van der Waals surface area contributed by atoms with Crippen LogP contribution in [0.25, 0.3) is 4.85 Å². The van der Waals surface area contributed by atoms with Gasteiger partial charge in [-0.05, 0) is 29.8 Å². The van der Waals surface area contributed by atoms with E-state index in [1.165, 1.54) is 19.2 Å². The summed E-state index contributed by atoms with van der Waals surface area (Å²) in [5.74, 6) is -1.22. The molecule has 0 N–H and O–H groups in total. The van der Waals surface area contributed by atoms with E-state index < -0.39 is 11.8 Å². The second-order valence-corrected chi connectivity index (χ2v) is 7.17. The Hall–Kier alpha value is -2.43. The maximum Gasteiger partial charge on any atom is 0.340 e. The van der Waals surface area contributed by atoms with E-state index in [0.717, 1.165) is 41.9 Å². The molecule has 0 aromatic heterocycles. The van der Waals surface area contributed by atoms with Gasteiger partial charge in [0.2, 0.25) is 5.69 Å². The summed E-state index contributed by atoms with van der Waals surface area (Å²) >= 11 is 3.44. The van der Waals surface area contributed by atoms with Gasteiger partial charge in [0.1, 0.15) is 5.82 Å². The van der Waals surface area contributed by atoms with Crippen LogP contribution in [0.3, 0.4) is 0 Å². The van der Waals surface area contributed by atoms with Crippen LogP contribution in [-0.2, 0) is 11.3 Å². The van der Waals surface area contributed by atoms with Crippen molar-refractivity contribution in [3.8, 4) is 0 Å². The van der Waals surface area contributed by atoms with Crippen LogP contribution in [0.15, 0.2) is 40.9 Å². The van der Waals surface area contributed by atoms with Crippen LogP contribution >= 0.6 is 15.9 Å². The van der Waals surface area contributed by atoms with Crippen molar-refractivity contribution in [1.29, 1.82) is 0 Å². The molecule has 0 unspecified atom stereocenters. The highest BCUT2D eigenvalue weighted by Crippen LogP contribution is 2.30. The van der Waals surface area contributed by atoms with Gasteiger partial charge < -0.3 is 9.64 Å². The molecule has 7 heteroatoms. The molecule has 0 spiro atoms. The van der Waals surface area contributed by atoms with Crippen LogP contribution in [-0.4, -0.2) is 44.2 Å². The molecule has 1 heterocycles. The topological polar surface area (TPSA) is 37.1 Å². The number of hydrogen-bond donors (Lipinski definition) is 0. The number of rotatable bonds is 4. The van der Waals surface area contributed by atoms with E-state index in [0.29, 0.717) is 12.2 Å². The number of carbonyl (C=O) groups excluding carboxylic acids is 1. The first-order valence-corrected chi connectivity index (χ1v) is 9.32. The van der Waals surface area contributed by atoms with Crippen molar-refractivity contribution >= 4 is 33.3 Å². The number of carbonyl (C=O) groups is 1. The van der Waals surface area contributed by atoms with Gasteiger partial charge >= 0.3 is 5.97 Å². The summed E-state index contributed by atoms with van der Waals surface area (Å²) in [5.41, 5.74) is 2.48. The molecule has 0 radical (unpaired) electrons. The first-order valence-electron chi connectivity index (χ1n) is 8.53. The van der Waals surface area contributed by atoms with Crippen LogP contribution in [0, 0.1) is 12.4 Å². The molecule has 1 aliphatic heterocycles. The number of nitrogens with zero attached hydrogens (tertiary/aromatic N) is 3. The summed E-state index contributed by atoms with van der Waals surface area (Å²) in [7, 11) is 1.24. The van der Waals surface area contributed by atoms with Crippen LogP contribution in [0.2, 0.25) is 0 Å². The molecule has 5 nitrogen and oxygen atoms in total. The Morgan fingerprint density at radius 3 is 2.56 bits per heavy atom. The molecular formula is C20H19BrFN3O2. The maximum absolute atomic E-state index is 14.1. The lowest BCUT2D eigenvalue weighted by Gasteiger charge is -2.36. The molecule has 1 aliphatic rings. The lowest BCUT2D eigenvalue weighted by Crippen LogP contribution is -2.46. The van der Waals surface area contributed by atoms with Crippen LogP contribution < -0.4 is 4.90 Å². The smallest absolute Gasteiger partial charge is 0.340 e. The summed E-state index contributed by atoms with van der Waals surface area (Å²) in [4.78, 5) is 19.5. The van der Waals surface area contributed by atoms with Gasteiger partial charge in [-0.2, -0.15) is 0 Å². The number of halogens is 2. The lowest BCUT2D eigenvalue weighted by atomic mass is 10.1. The number of hydrogen-bond acceptors (Lipinski definition) is 4. The zero-order valence-corrected chi connectivity index (χ0v) is 16.5. The second-order valence-electron chi connectivity index (χ2n) is 6.32. The molecule has 1 saturated heterocycles. The fraction of sp³-hybridized carbons (Fsp3) is 0.300. The minimum atomic E-state index is -0.664. The average molecular weight is 432 g/mol. The molecule has 0 bridgehead atoms. The first kappa shape index (κ1) is 19.3. The highest BCUT2D eigenvalue weighted by Gasteiger charge is 2.19. The molecule has 140 valence electrons. The van der Waals surface area contributed by atoms with Gasteiger partial charge in [-0.15, -0.1) is 0 Å². The van der Waals surface area contributed by atoms with Crippen molar-refractivity contribution in [3.05, 3.63) is 69.2 Å². The van der Waals surface area contributed by atoms with Gasteiger partial charge in [-0.25, -0.2) is 14.0 Å². The second kappa shape index (κ2) is 8.51. The molecule has 0 amide bonds. The van der Waals surface area contributed by atoms with Gasteiger partial charge in [0.15, 0.2) is 0 Å². The standard InChI is InChI=1S/C20H19BrFN3O2/c1-23-19-6-4-15(12-17(19)21)25-9-7-24(8-10-25)13-14-3-5-16(18(22)11-14)20(26)27-2/h3-6,11-12H,7-10,13H2,2H3. The minimum absolute atomic E-state index is 0.0421. The predicted molar refractivity (Wildman–Crippen MR) is 106 cm³/mol. The van der Waals surface area contributed by atoms with Crippen LogP contribution in [0.1, 0.15) is 15.9 Å². The Balaban J connectivity index is 1.60. The number of benzene rings is 2. The normalized spacial score (nSPS) is 14.7. The number of piperazine rings is 1. The van der Waals surface area contributed by atoms with Crippen molar-refractivity contribution in [2.45, 2.75) is 6.54 Å². The van der Waals surface area contributed by atoms with Gasteiger partial charge in [0, 0.05) is 42.9 Å². The van der Waals surface area contributed by atoms with E-state index in [-0.39, 0.29) is 5.56 Å². The molecule has 3 rings (SSSR count). The summed E-state index contributed by atoms with van der Waals surface area (Å²) in [6.45, 7) is 11.2. The van der Waals surface area contributed by atoms with Crippen LogP contribution in [0.5, 0.6) is 0 Å². The summed E-state index contributed by atoms with van der Waals surface area (Å²) in [6.07, 6.45) is 0. The Bertz CT molecular complexity index is 889. The van der Waals surface area contributed by atoms with Crippen molar-refractivity contribution in [2.24, 2.45) is 0 Å². The fourth-order valence-corrected chi connectivity index (χ4v) is 3.59. The highest BCUT2D eigenvalue weighted by molar-refractivity contribution is 9.10. The SMILES string of the molecule is [C-]#[N+]c1ccc(N2CCN(Cc3ccc(C(=O)OC)c(F)c3)CC2)cc1Br. The Kier molecular flexibility index (Phi) is 6.09. The third-order valence-corrected chi connectivity index (χ3v) is 5.27. The number of esters is 1. The van der Waals surface area contributed by atoms with E-state index in [1.54, 1.807) is 6.07 Å². The fourth-order valence-electron chi connectivity index (χ4n) is 3.14.